The average molecular weight is 249 g/mol. The van der Waals surface area contributed by atoms with E-state index in [0.29, 0.717) is 5.89 Å². The Bertz CT molecular complexity index is 886. The first kappa shape index (κ1) is 10.4. The molecule has 0 radical (unpaired) electrons. The van der Waals surface area contributed by atoms with Crippen molar-refractivity contribution in [1.82, 2.24) is 4.98 Å². The van der Waals surface area contributed by atoms with Crippen LogP contribution >= 0.6 is 0 Å². The van der Waals surface area contributed by atoms with Crippen molar-refractivity contribution >= 4 is 22.1 Å². The monoisotopic (exact) mass is 249 g/mol. The van der Waals surface area contributed by atoms with Gasteiger partial charge in [0.05, 0.1) is 6.26 Å². The smallest absolute Gasteiger partial charge is 0.192 e. The zero-order valence-electron chi connectivity index (χ0n) is 10.4. The first-order valence-corrected chi connectivity index (χ1v) is 6.15. The number of fused-ring (bicyclic) bond motifs is 2. The molecule has 4 rings (SSSR count). The van der Waals surface area contributed by atoms with Crippen LogP contribution in [0.3, 0.4) is 0 Å². The third kappa shape index (κ3) is 1.55. The Balaban J connectivity index is 2.02. The minimum absolute atomic E-state index is 0.687. The number of benzene rings is 2. The summed E-state index contributed by atoms with van der Waals surface area (Å²) in [5.74, 6) is 0.687. The molecule has 0 bridgehead atoms. The van der Waals surface area contributed by atoms with Crippen LogP contribution in [-0.2, 0) is 0 Å². The number of aromatic nitrogens is 1. The van der Waals surface area contributed by atoms with E-state index in [0.717, 1.165) is 33.2 Å². The number of nitrogens with zero attached hydrogens (tertiary/aromatic N) is 1. The SMILES string of the molecule is Cc1nc2c(-c3ccc4occc4c3)cccc2o1. The Morgan fingerprint density at radius 2 is 1.95 bits per heavy atom. The molecule has 0 aliphatic carbocycles. The summed E-state index contributed by atoms with van der Waals surface area (Å²) < 4.78 is 10.9. The molecule has 92 valence electrons. The highest BCUT2D eigenvalue weighted by Crippen LogP contribution is 2.30. The van der Waals surface area contributed by atoms with Crippen LogP contribution in [0.2, 0.25) is 0 Å². The van der Waals surface area contributed by atoms with E-state index in [1.807, 2.05) is 37.3 Å². The molecular formula is C16H11NO2. The molecule has 19 heavy (non-hydrogen) atoms. The summed E-state index contributed by atoms with van der Waals surface area (Å²) in [5, 5.41) is 1.09. The number of rotatable bonds is 1. The maximum absolute atomic E-state index is 5.57. The summed E-state index contributed by atoms with van der Waals surface area (Å²) in [5.41, 5.74) is 4.82. The number of hydrogen-bond donors (Lipinski definition) is 0. The molecule has 0 unspecified atom stereocenters. The molecule has 3 heteroatoms. The van der Waals surface area contributed by atoms with Crippen molar-refractivity contribution in [2.24, 2.45) is 0 Å². The van der Waals surface area contributed by atoms with Crippen molar-refractivity contribution in [2.75, 3.05) is 0 Å². The fourth-order valence-corrected chi connectivity index (χ4v) is 2.43. The van der Waals surface area contributed by atoms with Gasteiger partial charge in [0.2, 0.25) is 0 Å². The van der Waals surface area contributed by atoms with Crippen molar-refractivity contribution in [3.63, 3.8) is 0 Å². The van der Waals surface area contributed by atoms with Gasteiger partial charge in [0.1, 0.15) is 11.1 Å². The van der Waals surface area contributed by atoms with E-state index in [-0.39, 0.29) is 0 Å². The van der Waals surface area contributed by atoms with E-state index < -0.39 is 0 Å². The van der Waals surface area contributed by atoms with Crippen LogP contribution in [0.1, 0.15) is 5.89 Å². The summed E-state index contributed by atoms with van der Waals surface area (Å²) in [4.78, 5) is 4.47. The second kappa shape index (κ2) is 3.72. The zero-order valence-corrected chi connectivity index (χ0v) is 10.4. The summed E-state index contributed by atoms with van der Waals surface area (Å²) in [6.45, 7) is 1.86. The van der Waals surface area contributed by atoms with Gasteiger partial charge in [0.25, 0.3) is 0 Å². The fraction of sp³-hybridized carbons (Fsp3) is 0.0625. The lowest BCUT2D eigenvalue weighted by molar-refractivity contribution is 0.561. The van der Waals surface area contributed by atoms with Gasteiger partial charge in [0.15, 0.2) is 11.5 Å². The normalized spacial score (nSPS) is 11.4. The van der Waals surface area contributed by atoms with Crippen LogP contribution in [0.15, 0.2) is 57.6 Å². The van der Waals surface area contributed by atoms with Crippen LogP contribution < -0.4 is 0 Å². The number of furan rings is 1. The quantitative estimate of drug-likeness (QED) is 0.496. The van der Waals surface area contributed by atoms with E-state index in [1.54, 1.807) is 6.26 Å². The predicted molar refractivity (Wildman–Crippen MR) is 74.0 cm³/mol. The maximum Gasteiger partial charge on any atom is 0.192 e. The molecule has 0 amide bonds. The van der Waals surface area contributed by atoms with E-state index in [9.17, 15) is 0 Å². The van der Waals surface area contributed by atoms with Gasteiger partial charge in [-0.1, -0.05) is 18.2 Å². The summed E-state index contributed by atoms with van der Waals surface area (Å²) >= 11 is 0. The molecule has 0 atom stereocenters. The van der Waals surface area contributed by atoms with Gasteiger partial charge in [-0.25, -0.2) is 4.98 Å². The molecule has 0 fully saturated rings. The van der Waals surface area contributed by atoms with Crippen LogP contribution in [0.4, 0.5) is 0 Å². The Hall–Kier alpha value is -2.55. The minimum atomic E-state index is 0.687. The van der Waals surface area contributed by atoms with Crippen molar-refractivity contribution in [3.8, 4) is 11.1 Å². The molecule has 3 nitrogen and oxygen atoms in total. The first-order valence-electron chi connectivity index (χ1n) is 6.15. The second-order valence-corrected chi connectivity index (χ2v) is 4.56. The largest absolute Gasteiger partial charge is 0.464 e. The number of para-hydroxylation sites is 1. The highest BCUT2D eigenvalue weighted by atomic mass is 16.3. The van der Waals surface area contributed by atoms with Crippen LogP contribution in [0.5, 0.6) is 0 Å². The Morgan fingerprint density at radius 3 is 2.89 bits per heavy atom. The summed E-state index contributed by atoms with van der Waals surface area (Å²) in [7, 11) is 0. The Morgan fingerprint density at radius 1 is 1.00 bits per heavy atom. The van der Waals surface area contributed by atoms with Crippen molar-refractivity contribution in [2.45, 2.75) is 6.92 Å². The van der Waals surface area contributed by atoms with Crippen molar-refractivity contribution in [3.05, 3.63) is 54.6 Å². The van der Waals surface area contributed by atoms with Gasteiger partial charge in [0, 0.05) is 17.9 Å². The highest BCUT2D eigenvalue weighted by molar-refractivity contribution is 5.93. The average Bonchev–Trinajstić information content (AvgIpc) is 3.01. The van der Waals surface area contributed by atoms with Crippen molar-refractivity contribution < 1.29 is 8.83 Å². The topological polar surface area (TPSA) is 39.2 Å². The van der Waals surface area contributed by atoms with Gasteiger partial charge in [-0.15, -0.1) is 0 Å². The zero-order chi connectivity index (χ0) is 12.8. The molecule has 0 N–H and O–H groups in total. The molecule has 2 aromatic heterocycles. The van der Waals surface area contributed by atoms with Gasteiger partial charge in [-0.2, -0.15) is 0 Å². The van der Waals surface area contributed by atoms with E-state index in [2.05, 4.69) is 17.1 Å². The number of oxazole rings is 1. The van der Waals surface area contributed by atoms with Gasteiger partial charge in [-0.05, 0) is 29.8 Å². The van der Waals surface area contributed by atoms with Crippen molar-refractivity contribution in [1.29, 1.82) is 0 Å². The third-order valence-corrected chi connectivity index (χ3v) is 3.29. The van der Waals surface area contributed by atoms with Gasteiger partial charge < -0.3 is 8.83 Å². The Labute approximate surface area is 109 Å². The third-order valence-electron chi connectivity index (χ3n) is 3.29. The van der Waals surface area contributed by atoms with E-state index in [4.69, 9.17) is 8.83 Å². The molecule has 4 aromatic rings. The molecule has 0 aliphatic heterocycles. The Kier molecular flexibility index (Phi) is 2.03. The molecule has 0 spiro atoms. The first-order chi connectivity index (χ1) is 9.31. The summed E-state index contributed by atoms with van der Waals surface area (Å²) in [6.07, 6.45) is 1.70. The lowest BCUT2D eigenvalue weighted by atomic mass is 10.0. The highest BCUT2D eigenvalue weighted by Gasteiger charge is 2.10. The van der Waals surface area contributed by atoms with E-state index >= 15 is 0 Å². The molecule has 0 aliphatic rings. The lowest BCUT2D eigenvalue weighted by Gasteiger charge is -2.02. The molecule has 2 aromatic carbocycles. The van der Waals surface area contributed by atoms with Crippen LogP contribution in [0, 0.1) is 6.92 Å². The molecule has 0 saturated heterocycles. The van der Waals surface area contributed by atoms with Crippen LogP contribution in [0.25, 0.3) is 33.2 Å². The lowest BCUT2D eigenvalue weighted by Crippen LogP contribution is -1.80. The number of aryl methyl sites for hydroxylation is 1. The molecule has 2 heterocycles. The van der Waals surface area contributed by atoms with E-state index in [1.165, 1.54) is 0 Å². The fourth-order valence-electron chi connectivity index (χ4n) is 2.43. The van der Waals surface area contributed by atoms with Gasteiger partial charge in [-0.3, -0.25) is 0 Å². The minimum Gasteiger partial charge on any atom is -0.464 e. The summed E-state index contributed by atoms with van der Waals surface area (Å²) in [6, 6.07) is 14.1. The number of hydrogen-bond acceptors (Lipinski definition) is 3. The standard InChI is InChI=1S/C16H11NO2/c1-10-17-16-13(3-2-4-15(16)19-10)11-5-6-14-12(9-11)7-8-18-14/h2-9H,1H3. The predicted octanol–water partition coefficient (Wildman–Crippen LogP) is 4.55. The second-order valence-electron chi connectivity index (χ2n) is 4.56. The molecule has 0 saturated carbocycles. The van der Waals surface area contributed by atoms with Gasteiger partial charge >= 0.3 is 0 Å². The van der Waals surface area contributed by atoms with Crippen LogP contribution in [-0.4, -0.2) is 4.98 Å². The molecular weight excluding hydrogens is 238 g/mol. The maximum atomic E-state index is 5.57.